The first-order chi connectivity index (χ1) is 17.4. The molecule has 2 aromatic heterocycles. The van der Waals surface area contributed by atoms with Crippen molar-refractivity contribution >= 4 is 29.0 Å². The van der Waals surface area contributed by atoms with E-state index < -0.39 is 11.8 Å². The molecule has 5 rings (SSSR count). The van der Waals surface area contributed by atoms with Crippen LogP contribution in [0.4, 0.5) is 25.0 Å². The number of benzene rings is 3. The molecule has 8 nitrogen and oxygen atoms in total. The van der Waals surface area contributed by atoms with Crippen LogP contribution in [-0.4, -0.2) is 25.7 Å². The van der Waals surface area contributed by atoms with Gasteiger partial charge in [0, 0.05) is 29.7 Å². The summed E-state index contributed by atoms with van der Waals surface area (Å²) >= 11 is 5.73. The molecule has 0 spiro atoms. The van der Waals surface area contributed by atoms with Crippen molar-refractivity contribution in [3.8, 4) is 23.0 Å². The molecular formula is C25H17ClF2N6O2. The molecule has 0 fully saturated rings. The number of carbonyl (C=O) groups excluding carboxylic acids is 1. The number of urea groups is 1. The van der Waals surface area contributed by atoms with Crippen molar-refractivity contribution in [2.45, 2.75) is 6.54 Å². The van der Waals surface area contributed by atoms with E-state index in [1.165, 1.54) is 30.3 Å². The molecule has 0 atom stereocenters. The van der Waals surface area contributed by atoms with Crippen molar-refractivity contribution in [3.05, 3.63) is 101 Å². The molecule has 0 bridgehead atoms. The standard InChI is InChI=1S/C25H17ClF2N6O2/c26-20-11-19(8-9-21(20)28)31-25(35)30-18-6-4-15(5-7-18)12-34-13-22(29-14-34)24-32-23(33-36-24)16-2-1-3-17(27)10-16/h1-11,13-14H,12H2,(H2,30,31,35). The smallest absolute Gasteiger partial charge is 0.323 e. The fraction of sp³-hybridized carbons (Fsp3) is 0.0400. The van der Waals surface area contributed by atoms with Crippen LogP contribution in [-0.2, 0) is 6.54 Å². The van der Waals surface area contributed by atoms with Crippen LogP contribution in [0.25, 0.3) is 23.0 Å². The van der Waals surface area contributed by atoms with Gasteiger partial charge in [-0.2, -0.15) is 4.98 Å². The number of halogens is 3. The Balaban J connectivity index is 1.19. The van der Waals surface area contributed by atoms with E-state index in [9.17, 15) is 13.6 Å². The quantitative estimate of drug-likeness (QED) is 0.285. The molecule has 0 aliphatic heterocycles. The minimum atomic E-state index is -0.561. The van der Waals surface area contributed by atoms with Crippen LogP contribution in [0.15, 0.2) is 83.8 Å². The number of carbonyl (C=O) groups is 1. The predicted molar refractivity (Wildman–Crippen MR) is 131 cm³/mol. The number of nitrogens with one attached hydrogen (secondary N) is 2. The van der Waals surface area contributed by atoms with E-state index >= 15 is 0 Å². The van der Waals surface area contributed by atoms with Gasteiger partial charge in [-0.15, -0.1) is 0 Å². The van der Waals surface area contributed by atoms with Gasteiger partial charge in [0.05, 0.1) is 11.3 Å². The van der Waals surface area contributed by atoms with E-state index in [0.29, 0.717) is 29.2 Å². The summed E-state index contributed by atoms with van der Waals surface area (Å²) in [6.07, 6.45) is 3.39. The van der Waals surface area contributed by atoms with Crippen molar-refractivity contribution in [1.29, 1.82) is 0 Å². The first kappa shape index (κ1) is 23.2. The van der Waals surface area contributed by atoms with Crippen molar-refractivity contribution < 1.29 is 18.1 Å². The molecule has 0 radical (unpaired) electrons. The van der Waals surface area contributed by atoms with Gasteiger partial charge in [-0.1, -0.05) is 41.0 Å². The molecule has 0 unspecified atom stereocenters. The van der Waals surface area contributed by atoms with Crippen LogP contribution < -0.4 is 10.6 Å². The highest BCUT2D eigenvalue weighted by molar-refractivity contribution is 6.31. The third kappa shape index (κ3) is 5.39. The number of rotatable bonds is 6. The van der Waals surface area contributed by atoms with Crippen LogP contribution in [0.3, 0.4) is 0 Å². The topological polar surface area (TPSA) is 97.9 Å². The number of hydrogen-bond donors (Lipinski definition) is 2. The first-order valence-electron chi connectivity index (χ1n) is 10.7. The average molecular weight is 507 g/mol. The summed E-state index contributed by atoms with van der Waals surface area (Å²) in [5.74, 6) is -0.452. The van der Waals surface area contributed by atoms with Crippen LogP contribution in [0.2, 0.25) is 5.02 Å². The van der Waals surface area contributed by atoms with Gasteiger partial charge in [0.2, 0.25) is 5.82 Å². The zero-order valence-corrected chi connectivity index (χ0v) is 19.2. The highest BCUT2D eigenvalue weighted by atomic mass is 35.5. The Morgan fingerprint density at radius 2 is 1.78 bits per heavy atom. The third-order valence-electron chi connectivity index (χ3n) is 5.12. The van der Waals surface area contributed by atoms with Gasteiger partial charge >= 0.3 is 6.03 Å². The summed E-state index contributed by atoms with van der Waals surface area (Å²) in [5, 5.41) is 9.12. The summed E-state index contributed by atoms with van der Waals surface area (Å²) in [7, 11) is 0. The normalized spacial score (nSPS) is 10.9. The zero-order chi connectivity index (χ0) is 25.1. The van der Waals surface area contributed by atoms with Gasteiger partial charge in [-0.25, -0.2) is 18.6 Å². The third-order valence-corrected chi connectivity index (χ3v) is 5.41. The second-order valence-electron chi connectivity index (χ2n) is 7.77. The maximum Gasteiger partial charge on any atom is 0.323 e. The Bertz CT molecular complexity index is 1530. The van der Waals surface area contributed by atoms with Crippen molar-refractivity contribution in [2.24, 2.45) is 0 Å². The van der Waals surface area contributed by atoms with Gasteiger partial charge in [0.15, 0.2) is 0 Å². The maximum absolute atomic E-state index is 13.5. The Labute approximate surface area is 208 Å². The Morgan fingerprint density at radius 3 is 2.56 bits per heavy atom. The van der Waals surface area contributed by atoms with E-state index in [1.54, 1.807) is 36.8 Å². The SMILES string of the molecule is O=C(Nc1ccc(Cn2cnc(-c3nc(-c4cccc(F)c4)no3)c2)cc1)Nc1ccc(F)c(Cl)c1. The second-order valence-corrected chi connectivity index (χ2v) is 8.18. The lowest BCUT2D eigenvalue weighted by Gasteiger charge is -2.09. The Hall–Kier alpha value is -4.57. The molecule has 2 heterocycles. The van der Waals surface area contributed by atoms with Crippen molar-refractivity contribution in [3.63, 3.8) is 0 Å². The van der Waals surface area contributed by atoms with Gasteiger partial charge in [-0.05, 0) is 48.0 Å². The first-order valence-corrected chi connectivity index (χ1v) is 11.0. The van der Waals surface area contributed by atoms with Crippen LogP contribution in [0.5, 0.6) is 0 Å². The molecule has 180 valence electrons. The van der Waals surface area contributed by atoms with Gasteiger partial charge in [0.25, 0.3) is 5.89 Å². The monoisotopic (exact) mass is 506 g/mol. The van der Waals surface area contributed by atoms with Crippen LogP contribution in [0.1, 0.15) is 5.56 Å². The molecule has 11 heteroatoms. The van der Waals surface area contributed by atoms with Gasteiger partial charge in [0.1, 0.15) is 17.3 Å². The van der Waals surface area contributed by atoms with Gasteiger partial charge in [-0.3, -0.25) is 0 Å². The summed E-state index contributed by atoms with van der Waals surface area (Å²) in [6.45, 7) is 0.512. The Kier molecular flexibility index (Phi) is 6.42. The predicted octanol–water partition coefficient (Wildman–Crippen LogP) is 6.22. The highest BCUT2D eigenvalue weighted by Crippen LogP contribution is 2.22. The number of hydrogen-bond acceptors (Lipinski definition) is 5. The van der Waals surface area contributed by atoms with E-state index in [4.69, 9.17) is 16.1 Å². The second kappa shape index (κ2) is 9.96. The summed E-state index contributed by atoms with van der Waals surface area (Å²) < 4.78 is 33.8. The summed E-state index contributed by atoms with van der Waals surface area (Å²) in [6, 6.07) is 16.6. The molecule has 2 N–H and O–H groups in total. The number of anilines is 2. The number of imidazole rings is 1. The number of amides is 2. The van der Waals surface area contributed by atoms with E-state index in [2.05, 4.69) is 25.8 Å². The van der Waals surface area contributed by atoms with Crippen molar-refractivity contribution in [1.82, 2.24) is 19.7 Å². The molecule has 5 aromatic rings. The highest BCUT2D eigenvalue weighted by Gasteiger charge is 2.14. The number of nitrogens with zero attached hydrogens (tertiary/aromatic N) is 4. The fourth-order valence-electron chi connectivity index (χ4n) is 3.40. The lowest BCUT2D eigenvalue weighted by Crippen LogP contribution is -2.19. The van der Waals surface area contributed by atoms with E-state index in [0.717, 1.165) is 5.56 Å². The van der Waals surface area contributed by atoms with E-state index in [1.807, 2.05) is 16.7 Å². The van der Waals surface area contributed by atoms with Crippen molar-refractivity contribution in [2.75, 3.05) is 10.6 Å². The molecule has 36 heavy (non-hydrogen) atoms. The lowest BCUT2D eigenvalue weighted by atomic mass is 10.2. The Morgan fingerprint density at radius 1 is 1.00 bits per heavy atom. The summed E-state index contributed by atoms with van der Waals surface area (Å²) in [5.41, 5.74) is 2.90. The van der Waals surface area contributed by atoms with E-state index in [-0.39, 0.29) is 22.6 Å². The molecule has 0 aliphatic carbocycles. The minimum Gasteiger partial charge on any atom is -0.332 e. The average Bonchev–Trinajstić information content (AvgIpc) is 3.53. The zero-order valence-electron chi connectivity index (χ0n) is 18.5. The maximum atomic E-state index is 13.5. The van der Waals surface area contributed by atoms with Gasteiger partial charge < -0.3 is 19.7 Å². The minimum absolute atomic E-state index is 0.0778. The molecule has 2 amide bonds. The van der Waals surface area contributed by atoms with Crippen LogP contribution in [0, 0.1) is 11.6 Å². The summed E-state index contributed by atoms with van der Waals surface area (Å²) in [4.78, 5) is 20.8. The fourth-order valence-corrected chi connectivity index (χ4v) is 3.58. The largest absolute Gasteiger partial charge is 0.332 e. The molecule has 0 saturated carbocycles. The molecule has 0 saturated heterocycles. The van der Waals surface area contributed by atoms with Crippen LogP contribution >= 0.6 is 11.6 Å². The molecular weight excluding hydrogens is 490 g/mol. The molecule has 3 aromatic carbocycles. The number of aromatic nitrogens is 4. The molecule has 0 aliphatic rings. The lowest BCUT2D eigenvalue weighted by molar-refractivity contribution is 0.262.